The van der Waals surface area contributed by atoms with E-state index in [1.807, 2.05) is 19.2 Å². The number of carbonyl (C=O) groups is 1. The van der Waals surface area contributed by atoms with Gasteiger partial charge in [-0.05, 0) is 25.3 Å². The summed E-state index contributed by atoms with van der Waals surface area (Å²) in [5.74, 6) is 2.07. The Balaban J connectivity index is 2.85. The van der Waals surface area contributed by atoms with Crippen LogP contribution >= 0.6 is 11.8 Å². The predicted octanol–water partition coefficient (Wildman–Crippen LogP) is 2.64. The summed E-state index contributed by atoms with van der Waals surface area (Å²) in [6.45, 7) is 3.03. The van der Waals surface area contributed by atoms with Crippen molar-refractivity contribution in [1.29, 1.82) is 0 Å². The minimum Gasteiger partial charge on any atom is -0.490 e. The van der Waals surface area contributed by atoms with Gasteiger partial charge in [0.15, 0.2) is 17.8 Å². The third kappa shape index (κ3) is 3.45. The van der Waals surface area contributed by atoms with Crippen LogP contribution in [0.3, 0.4) is 0 Å². The van der Waals surface area contributed by atoms with Gasteiger partial charge in [0.1, 0.15) is 0 Å². The van der Waals surface area contributed by atoms with Crippen LogP contribution in [0.15, 0.2) is 18.2 Å². The van der Waals surface area contributed by atoms with Crippen molar-refractivity contribution in [1.82, 2.24) is 0 Å². The van der Waals surface area contributed by atoms with E-state index in [1.165, 1.54) is 0 Å². The lowest BCUT2D eigenvalue weighted by molar-refractivity contribution is 0.111. The fraction of sp³-hybridized carbons (Fsp3) is 0.417. The van der Waals surface area contributed by atoms with E-state index in [-0.39, 0.29) is 0 Å². The Hall–Kier alpha value is -1.16. The van der Waals surface area contributed by atoms with E-state index in [4.69, 9.17) is 9.47 Å². The lowest BCUT2D eigenvalue weighted by Crippen LogP contribution is -2.05. The molecule has 0 fully saturated rings. The van der Waals surface area contributed by atoms with E-state index in [0.717, 1.165) is 12.0 Å². The van der Waals surface area contributed by atoms with Gasteiger partial charge >= 0.3 is 0 Å². The van der Waals surface area contributed by atoms with Crippen LogP contribution in [0.25, 0.3) is 0 Å². The second kappa shape index (κ2) is 7.17. The van der Waals surface area contributed by atoms with Crippen molar-refractivity contribution in [3.05, 3.63) is 23.8 Å². The average molecular weight is 240 g/mol. The van der Waals surface area contributed by atoms with Gasteiger partial charge in [0.25, 0.3) is 0 Å². The van der Waals surface area contributed by atoms with Crippen molar-refractivity contribution < 1.29 is 14.3 Å². The van der Waals surface area contributed by atoms with Gasteiger partial charge < -0.3 is 9.47 Å². The van der Waals surface area contributed by atoms with Crippen LogP contribution in [-0.2, 0) is 0 Å². The molecule has 0 aromatic heterocycles. The number of rotatable bonds is 7. The van der Waals surface area contributed by atoms with Crippen LogP contribution in [-0.4, -0.2) is 31.5 Å². The van der Waals surface area contributed by atoms with Crippen molar-refractivity contribution in [2.75, 3.05) is 25.2 Å². The molecule has 0 radical (unpaired) electrons. The van der Waals surface area contributed by atoms with Crippen LogP contribution < -0.4 is 9.47 Å². The SMILES string of the molecule is CCOc1cccc(C=O)c1OCCSC. The summed E-state index contributed by atoms with van der Waals surface area (Å²) in [5.41, 5.74) is 0.534. The molecule has 0 spiro atoms. The molecule has 0 atom stereocenters. The third-order valence-electron chi connectivity index (χ3n) is 1.97. The molecule has 0 aliphatic rings. The number of thioether (sulfide) groups is 1. The van der Waals surface area contributed by atoms with Crippen LogP contribution in [0.5, 0.6) is 11.5 Å². The van der Waals surface area contributed by atoms with Gasteiger partial charge in [-0.1, -0.05) is 6.07 Å². The van der Waals surface area contributed by atoms with Crippen LogP contribution in [0, 0.1) is 0 Å². The molecule has 0 amide bonds. The number of para-hydroxylation sites is 1. The first kappa shape index (κ1) is 12.9. The maximum Gasteiger partial charge on any atom is 0.171 e. The summed E-state index contributed by atoms with van der Waals surface area (Å²) in [7, 11) is 0. The Morgan fingerprint density at radius 3 is 2.81 bits per heavy atom. The zero-order valence-corrected chi connectivity index (χ0v) is 10.4. The maximum atomic E-state index is 10.9. The largest absolute Gasteiger partial charge is 0.490 e. The fourth-order valence-electron chi connectivity index (χ4n) is 1.28. The van der Waals surface area contributed by atoms with Crippen molar-refractivity contribution in [3.8, 4) is 11.5 Å². The molecule has 0 heterocycles. The monoisotopic (exact) mass is 240 g/mol. The molecule has 0 bridgehead atoms. The fourth-order valence-corrected chi connectivity index (χ4v) is 1.53. The second-order valence-corrected chi connectivity index (χ2v) is 4.05. The molecule has 1 rings (SSSR count). The van der Waals surface area contributed by atoms with Crippen LogP contribution in [0.2, 0.25) is 0 Å². The number of benzene rings is 1. The number of ether oxygens (including phenoxy) is 2. The van der Waals surface area contributed by atoms with Gasteiger partial charge in [0, 0.05) is 5.75 Å². The Labute approximate surface area is 100 Å². The highest BCUT2D eigenvalue weighted by molar-refractivity contribution is 7.98. The van der Waals surface area contributed by atoms with E-state index in [0.29, 0.717) is 30.3 Å². The van der Waals surface area contributed by atoms with E-state index >= 15 is 0 Å². The molecule has 0 saturated carbocycles. The van der Waals surface area contributed by atoms with Crippen LogP contribution in [0.1, 0.15) is 17.3 Å². The van der Waals surface area contributed by atoms with Crippen molar-refractivity contribution in [2.45, 2.75) is 6.92 Å². The molecule has 1 aromatic carbocycles. The number of hydrogen-bond donors (Lipinski definition) is 0. The number of hydrogen-bond acceptors (Lipinski definition) is 4. The van der Waals surface area contributed by atoms with Gasteiger partial charge in [-0.15, -0.1) is 0 Å². The quantitative estimate of drug-likeness (QED) is 0.542. The molecular formula is C12H16O3S. The first-order chi connectivity index (χ1) is 7.83. The topological polar surface area (TPSA) is 35.5 Å². The zero-order valence-electron chi connectivity index (χ0n) is 9.56. The van der Waals surface area contributed by atoms with Gasteiger partial charge in [-0.2, -0.15) is 11.8 Å². The smallest absolute Gasteiger partial charge is 0.171 e. The number of aldehydes is 1. The Bertz CT molecular complexity index is 339. The molecule has 4 heteroatoms. The minimum atomic E-state index is 0.534. The Kier molecular flexibility index (Phi) is 5.78. The lowest BCUT2D eigenvalue weighted by atomic mass is 10.2. The standard InChI is InChI=1S/C12H16O3S/c1-3-14-11-6-4-5-10(9-13)12(11)15-7-8-16-2/h4-6,9H,3,7-8H2,1-2H3. The first-order valence-corrected chi connectivity index (χ1v) is 6.55. The van der Waals surface area contributed by atoms with Crippen molar-refractivity contribution >= 4 is 18.0 Å². The molecule has 16 heavy (non-hydrogen) atoms. The van der Waals surface area contributed by atoms with Crippen molar-refractivity contribution in [3.63, 3.8) is 0 Å². The van der Waals surface area contributed by atoms with Gasteiger partial charge in [-0.3, -0.25) is 4.79 Å². The van der Waals surface area contributed by atoms with E-state index in [2.05, 4.69) is 0 Å². The predicted molar refractivity (Wildman–Crippen MR) is 66.9 cm³/mol. The summed E-state index contributed by atoms with van der Waals surface area (Å²) in [6, 6.07) is 5.32. The molecule has 0 N–H and O–H groups in total. The van der Waals surface area contributed by atoms with E-state index in [1.54, 1.807) is 23.9 Å². The van der Waals surface area contributed by atoms with Crippen molar-refractivity contribution in [2.24, 2.45) is 0 Å². The molecule has 0 saturated heterocycles. The molecule has 0 unspecified atom stereocenters. The summed E-state index contributed by atoms with van der Waals surface area (Å²) < 4.78 is 11.0. The summed E-state index contributed by atoms with van der Waals surface area (Å²) in [4.78, 5) is 10.9. The van der Waals surface area contributed by atoms with Gasteiger partial charge in [0.2, 0.25) is 0 Å². The molecule has 3 nitrogen and oxygen atoms in total. The van der Waals surface area contributed by atoms with Gasteiger partial charge in [0.05, 0.1) is 18.8 Å². The highest BCUT2D eigenvalue weighted by atomic mass is 32.2. The summed E-state index contributed by atoms with van der Waals surface area (Å²) >= 11 is 1.70. The zero-order chi connectivity index (χ0) is 11.8. The summed E-state index contributed by atoms with van der Waals surface area (Å²) in [5, 5.41) is 0. The normalized spacial score (nSPS) is 9.88. The minimum absolute atomic E-state index is 0.534. The van der Waals surface area contributed by atoms with E-state index < -0.39 is 0 Å². The molecule has 0 aliphatic carbocycles. The Morgan fingerprint density at radius 1 is 1.38 bits per heavy atom. The number of carbonyl (C=O) groups excluding carboxylic acids is 1. The highest BCUT2D eigenvalue weighted by Gasteiger charge is 2.09. The highest BCUT2D eigenvalue weighted by Crippen LogP contribution is 2.30. The molecule has 88 valence electrons. The third-order valence-corrected chi connectivity index (χ3v) is 2.54. The average Bonchev–Trinajstić information content (AvgIpc) is 2.31. The summed E-state index contributed by atoms with van der Waals surface area (Å²) in [6.07, 6.45) is 2.80. The lowest BCUT2D eigenvalue weighted by Gasteiger charge is -2.13. The molecule has 0 aliphatic heterocycles. The van der Waals surface area contributed by atoms with Gasteiger partial charge in [-0.25, -0.2) is 0 Å². The van der Waals surface area contributed by atoms with Crippen LogP contribution in [0.4, 0.5) is 0 Å². The van der Waals surface area contributed by atoms with E-state index in [9.17, 15) is 4.79 Å². The second-order valence-electron chi connectivity index (χ2n) is 3.07. The molecule has 1 aromatic rings. The molecular weight excluding hydrogens is 224 g/mol. The first-order valence-electron chi connectivity index (χ1n) is 5.16. The maximum absolute atomic E-state index is 10.9. The Morgan fingerprint density at radius 2 is 2.19 bits per heavy atom.